The second-order valence-electron chi connectivity index (χ2n) is 5.56. The van der Waals surface area contributed by atoms with Crippen LogP contribution in [0.4, 0.5) is 17.6 Å². The van der Waals surface area contributed by atoms with Crippen LogP contribution in [0.5, 0.6) is 0 Å². The van der Waals surface area contributed by atoms with Crippen molar-refractivity contribution in [3.05, 3.63) is 89.5 Å². The quantitative estimate of drug-likeness (QED) is 0.410. The average molecular weight is 375 g/mol. The Morgan fingerprint density at radius 2 is 1.78 bits per heavy atom. The normalized spacial score (nSPS) is 11.7. The first kappa shape index (κ1) is 18.4. The lowest BCUT2D eigenvalue weighted by molar-refractivity contribution is -0.137. The van der Waals surface area contributed by atoms with Gasteiger partial charge in [-0.25, -0.2) is 9.82 Å². The van der Waals surface area contributed by atoms with Crippen LogP contribution < -0.4 is 5.43 Å². The highest BCUT2D eigenvalue weighted by Gasteiger charge is 2.30. The van der Waals surface area contributed by atoms with Gasteiger partial charge in [-0.2, -0.15) is 18.3 Å². The van der Waals surface area contributed by atoms with Gasteiger partial charge in [-0.15, -0.1) is 0 Å². The average Bonchev–Trinajstić information content (AvgIpc) is 3.12. The lowest BCUT2D eigenvalue weighted by Crippen LogP contribution is -2.20. The number of carbonyl (C=O) groups is 1. The largest absolute Gasteiger partial charge is 0.416 e. The SMILES string of the molecule is O=C(N/N=C\c1cccc(C(F)(F)F)c1)c1cccn1-c1ccc(F)cc1. The number of aromatic nitrogens is 1. The number of carbonyl (C=O) groups excluding carboxylic acids is 1. The number of amides is 1. The molecule has 0 saturated carbocycles. The Morgan fingerprint density at radius 3 is 2.48 bits per heavy atom. The van der Waals surface area contributed by atoms with Crippen LogP contribution in [0.2, 0.25) is 0 Å². The molecule has 2 aromatic carbocycles. The molecule has 0 fully saturated rings. The van der Waals surface area contributed by atoms with Gasteiger partial charge in [-0.3, -0.25) is 4.79 Å². The van der Waals surface area contributed by atoms with E-state index in [1.165, 1.54) is 41.0 Å². The summed E-state index contributed by atoms with van der Waals surface area (Å²) in [5.74, 6) is -0.963. The molecule has 0 saturated heterocycles. The molecule has 4 nitrogen and oxygen atoms in total. The molecular formula is C19H13F4N3O. The summed E-state index contributed by atoms with van der Waals surface area (Å²) in [6.45, 7) is 0. The Morgan fingerprint density at radius 1 is 1.04 bits per heavy atom. The number of halogens is 4. The zero-order chi connectivity index (χ0) is 19.4. The summed E-state index contributed by atoms with van der Waals surface area (Å²) in [5.41, 5.74) is 2.47. The van der Waals surface area contributed by atoms with E-state index in [1.807, 2.05) is 0 Å². The maximum absolute atomic E-state index is 13.0. The lowest BCUT2D eigenvalue weighted by Gasteiger charge is -2.08. The van der Waals surface area contributed by atoms with Gasteiger partial charge in [0.25, 0.3) is 5.91 Å². The molecule has 1 amide bonds. The summed E-state index contributed by atoms with van der Waals surface area (Å²) in [5, 5.41) is 3.70. The Labute approximate surface area is 151 Å². The molecule has 3 aromatic rings. The highest BCUT2D eigenvalue weighted by atomic mass is 19.4. The van der Waals surface area contributed by atoms with Crippen molar-refractivity contribution in [1.82, 2.24) is 9.99 Å². The van der Waals surface area contributed by atoms with Gasteiger partial charge in [0.2, 0.25) is 0 Å². The van der Waals surface area contributed by atoms with Gasteiger partial charge in [-0.05, 0) is 54.1 Å². The van der Waals surface area contributed by atoms with Gasteiger partial charge in [-0.1, -0.05) is 12.1 Å². The first-order valence-electron chi connectivity index (χ1n) is 7.78. The first-order chi connectivity index (χ1) is 12.8. The lowest BCUT2D eigenvalue weighted by atomic mass is 10.1. The van der Waals surface area contributed by atoms with Crippen molar-refractivity contribution < 1.29 is 22.4 Å². The Kier molecular flexibility index (Phi) is 5.07. The van der Waals surface area contributed by atoms with E-state index in [0.29, 0.717) is 5.69 Å². The Hall–Kier alpha value is -3.42. The highest BCUT2D eigenvalue weighted by Crippen LogP contribution is 2.29. The molecule has 8 heteroatoms. The van der Waals surface area contributed by atoms with Gasteiger partial charge in [0.1, 0.15) is 11.5 Å². The summed E-state index contributed by atoms with van der Waals surface area (Å²) in [6, 6.07) is 13.3. The predicted molar refractivity (Wildman–Crippen MR) is 92.2 cm³/mol. The van der Waals surface area contributed by atoms with E-state index in [1.54, 1.807) is 18.3 Å². The molecule has 1 heterocycles. The zero-order valence-corrected chi connectivity index (χ0v) is 13.7. The molecule has 1 aromatic heterocycles. The van der Waals surface area contributed by atoms with Crippen molar-refractivity contribution in [3.63, 3.8) is 0 Å². The number of hydrazone groups is 1. The van der Waals surface area contributed by atoms with E-state index in [-0.39, 0.29) is 11.3 Å². The van der Waals surface area contributed by atoms with Gasteiger partial charge >= 0.3 is 6.18 Å². The second-order valence-corrected chi connectivity index (χ2v) is 5.56. The smallest absolute Gasteiger partial charge is 0.312 e. The van der Waals surface area contributed by atoms with Crippen LogP contribution in [-0.2, 0) is 6.18 Å². The summed E-state index contributed by atoms with van der Waals surface area (Å²) in [7, 11) is 0. The molecular weight excluding hydrogens is 362 g/mol. The van der Waals surface area contributed by atoms with E-state index in [4.69, 9.17) is 0 Å². The van der Waals surface area contributed by atoms with Gasteiger partial charge < -0.3 is 4.57 Å². The third kappa shape index (κ3) is 4.41. The number of alkyl halides is 3. The second kappa shape index (κ2) is 7.45. The molecule has 27 heavy (non-hydrogen) atoms. The summed E-state index contributed by atoms with van der Waals surface area (Å²) >= 11 is 0. The van der Waals surface area contributed by atoms with E-state index in [0.717, 1.165) is 18.3 Å². The molecule has 0 aliphatic rings. The molecule has 0 bridgehead atoms. The van der Waals surface area contributed by atoms with Crippen LogP contribution in [0.15, 0.2) is 72.0 Å². The van der Waals surface area contributed by atoms with Crippen molar-refractivity contribution in [2.45, 2.75) is 6.18 Å². The molecule has 0 unspecified atom stereocenters. The van der Waals surface area contributed by atoms with E-state index in [2.05, 4.69) is 10.5 Å². The minimum atomic E-state index is -4.46. The molecule has 0 radical (unpaired) electrons. The minimum absolute atomic E-state index is 0.194. The third-order valence-corrected chi connectivity index (χ3v) is 3.68. The van der Waals surface area contributed by atoms with E-state index in [9.17, 15) is 22.4 Å². The van der Waals surface area contributed by atoms with Gasteiger partial charge in [0, 0.05) is 11.9 Å². The molecule has 3 rings (SSSR count). The number of rotatable bonds is 4. The predicted octanol–water partition coefficient (Wildman–Crippen LogP) is 4.40. The number of hydrogen-bond acceptors (Lipinski definition) is 2. The van der Waals surface area contributed by atoms with Crippen LogP contribution in [0.25, 0.3) is 5.69 Å². The number of benzene rings is 2. The number of nitrogens with one attached hydrogen (secondary N) is 1. The summed E-state index contributed by atoms with van der Waals surface area (Å²) < 4.78 is 52.7. The van der Waals surface area contributed by atoms with Crippen molar-refractivity contribution in [3.8, 4) is 5.69 Å². The van der Waals surface area contributed by atoms with Crippen molar-refractivity contribution >= 4 is 12.1 Å². The zero-order valence-electron chi connectivity index (χ0n) is 13.7. The van der Waals surface area contributed by atoms with E-state index < -0.39 is 23.5 Å². The van der Waals surface area contributed by atoms with Crippen LogP contribution in [0.1, 0.15) is 21.6 Å². The topological polar surface area (TPSA) is 46.4 Å². The fourth-order valence-electron chi connectivity index (χ4n) is 2.41. The van der Waals surface area contributed by atoms with Crippen LogP contribution in [-0.4, -0.2) is 16.7 Å². The van der Waals surface area contributed by atoms with Crippen molar-refractivity contribution in [1.29, 1.82) is 0 Å². The Balaban J connectivity index is 1.73. The molecule has 0 spiro atoms. The summed E-state index contributed by atoms with van der Waals surface area (Å²) in [4.78, 5) is 12.3. The highest BCUT2D eigenvalue weighted by molar-refractivity contribution is 5.94. The van der Waals surface area contributed by atoms with Crippen LogP contribution >= 0.6 is 0 Å². The maximum atomic E-state index is 13.0. The van der Waals surface area contributed by atoms with Crippen LogP contribution in [0, 0.1) is 5.82 Å². The molecule has 1 N–H and O–H groups in total. The standard InChI is InChI=1S/C19H13F4N3O/c20-15-6-8-16(9-7-15)26-10-2-5-17(26)18(27)25-24-12-13-3-1-4-14(11-13)19(21,22)23/h1-12H,(H,25,27)/b24-12-. The van der Waals surface area contributed by atoms with Crippen molar-refractivity contribution in [2.24, 2.45) is 5.10 Å². The van der Waals surface area contributed by atoms with Gasteiger partial charge in [0.05, 0.1) is 11.8 Å². The van der Waals surface area contributed by atoms with E-state index >= 15 is 0 Å². The van der Waals surface area contributed by atoms with Crippen LogP contribution in [0.3, 0.4) is 0 Å². The number of hydrogen-bond donors (Lipinski definition) is 1. The fourth-order valence-corrected chi connectivity index (χ4v) is 2.41. The fraction of sp³-hybridized carbons (Fsp3) is 0.0526. The third-order valence-electron chi connectivity index (χ3n) is 3.68. The molecule has 0 aliphatic heterocycles. The first-order valence-corrected chi connectivity index (χ1v) is 7.78. The number of nitrogens with zero attached hydrogens (tertiary/aromatic N) is 2. The van der Waals surface area contributed by atoms with Gasteiger partial charge in [0.15, 0.2) is 0 Å². The monoisotopic (exact) mass is 375 g/mol. The minimum Gasteiger partial charge on any atom is -0.312 e. The summed E-state index contributed by atoms with van der Waals surface area (Å²) in [6.07, 6.45) is -1.71. The molecule has 138 valence electrons. The maximum Gasteiger partial charge on any atom is 0.416 e. The molecule has 0 atom stereocenters. The Bertz CT molecular complexity index is 975. The van der Waals surface area contributed by atoms with Crippen molar-refractivity contribution in [2.75, 3.05) is 0 Å². The molecule has 0 aliphatic carbocycles.